The average molecular weight is 397 g/mol. The van der Waals surface area contributed by atoms with Gasteiger partial charge in [0.1, 0.15) is 30.3 Å². The zero-order valence-electron chi connectivity index (χ0n) is 16.5. The number of hydrogen-bond donors (Lipinski definition) is 2. The van der Waals surface area contributed by atoms with E-state index in [1.807, 2.05) is 24.3 Å². The highest BCUT2D eigenvalue weighted by Gasteiger charge is 2.27. The van der Waals surface area contributed by atoms with Crippen molar-refractivity contribution in [2.45, 2.75) is 33.0 Å². The summed E-state index contributed by atoms with van der Waals surface area (Å²) < 4.78 is 6.94. The predicted molar refractivity (Wildman–Crippen MR) is 114 cm³/mol. The Balaban J connectivity index is 1.40. The van der Waals surface area contributed by atoms with Gasteiger partial charge < -0.3 is 15.0 Å². The van der Waals surface area contributed by atoms with Gasteiger partial charge in [-0.25, -0.2) is 4.98 Å². The van der Waals surface area contributed by atoms with Gasteiger partial charge in [-0.3, -0.25) is 4.79 Å². The molecule has 28 heavy (non-hydrogen) atoms. The molecule has 3 aromatic rings. The maximum atomic E-state index is 12.4. The van der Waals surface area contributed by atoms with E-state index in [0.29, 0.717) is 6.54 Å². The molecule has 2 heterocycles. The topological polar surface area (TPSA) is 55.7 Å². The standard InChI is InChI=1S/C22H25N3O2S/c1-14-4-9-19-20(10-14)28-22(24-19)17-5-7-18(8-6-17)23-21(26)13-25-11-15(2)27-16(3)12-25/h4-10,15-16H,11-13H2,1-3H3,(H,23,26)/p+1/t15-,16-/m0/s1. The first-order valence-electron chi connectivity index (χ1n) is 9.73. The van der Waals surface area contributed by atoms with Crippen LogP contribution in [0.25, 0.3) is 20.8 Å². The molecule has 1 aliphatic rings. The van der Waals surface area contributed by atoms with E-state index in [1.165, 1.54) is 15.2 Å². The molecule has 1 fully saturated rings. The Bertz CT molecular complexity index is 973. The summed E-state index contributed by atoms with van der Waals surface area (Å²) in [6.45, 7) is 8.43. The number of hydrogen-bond acceptors (Lipinski definition) is 4. The molecule has 5 nitrogen and oxygen atoms in total. The van der Waals surface area contributed by atoms with Crippen molar-refractivity contribution in [2.24, 2.45) is 0 Å². The lowest BCUT2D eigenvalue weighted by Gasteiger charge is -2.31. The predicted octanol–water partition coefficient (Wildman–Crippen LogP) is 2.90. The van der Waals surface area contributed by atoms with Crippen molar-refractivity contribution < 1.29 is 14.4 Å². The Labute approximate surface area is 169 Å². The third-order valence-electron chi connectivity index (χ3n) is 4.99. The summed E-state index contributed by atoms with van der Waals surface area (Å²) in [4.78, 5) is 18.4. The largest absolute Gasteiger partial charge is 0.364 e. The van der Waals surface area contributed by atoms with Crippen LogP contribution in [0.15, 0.2) is 42.5 Å². The van der Waals surface area contributed by atoms with E-state index in [1.54, 1.807) is 11.3 Å². The molecular weight excluding hydrogens is 370 g/mol. The van der Waals surface area contributed by atoms with Gasteiger partial charge in [0.05, 0.1) is 10.2 Å². The van der Waals surface area contributed by atoms with Crippen LogP contribution in [0.3, 0.4) is 0 Å². The van der Waals surface area contributed by atoms with Gasteiger partial charge in [0.15, 0.2) is 6.54 Å². The van der Waals surface area contributed by atoms with Crippen molar-refractivity contribution in [3.8, 4) is 10.6 Å². The number of aryl methyl sites for hydroxylation is 1. The maximum Gasteiger partial charge on any atom is 0.279 e. The number of carbonyl (C=O) groups is 1. The van der Waals surface area contributed by atoms with Gasteiger partial charge in [0, 0.05) is 11.3 Å². The molecule has 1 aliphatic heterocycles. The molecule has 4 rings (SSSR count). The summed E-state index contributed by atoms with van der Waals surface area (Å²) >= 11 is 1.69. The fraction of sp³-hybridized carbons (Fsp3) is 0.364. The van der Waals surface area contributed by atoms with Crippen LogP contribution in [0.1, 0.15) is 19.4 Å². The van der Waals surface area contributed by atoms with Gasteiger partial charge in [0.2, 0.25) is 0 Å². The zero-order valence-corrected chi connectivity index (χ0v) is 17.3. The van der Waals surface area contributed by atoms with Crippen molar-refractivity contribution in [3.63, 3.8) is 0 Å². The number of benzene rings is 2. The van der Waals surface area contributed by atoms with E-state index < -0.39 is 0 Å². The van der Waals surface area contributed by atoms with Crippen molar-refractivity contribution >= 4 is 33.1 Å². The van der Waals surface area contributed by atoms with Crippen LogP contribution < -0.4 is 10.2 Å². The van der Waals surface area contributed by atoms with Crippen LogP contribution >= 0.6 is 11.3 Å². The summed E-state index contributed by atoms with van der Waals surface area (Å²) in [5, 5.41) is 4.01. The first-order valence-corrected chi connectivity index (χ1v) is 10.5. The number of aromatic nitrogens is 1. The summed E-state index contributed by atoms with van der Waals surface area (Å²) in [6, 6.07) is 14.3. The lowest BCUT2D eigenvalue weighted by atomic mass is 10.2. The Morgan fingerprint density at radius 1 is 1.18 bits per heavy atom. The van der Waals surface area contributed by atoms with Gasteiger partial charge >= 0.3 is 0 Å². The monoisotopic (exact) mass is 396 g/mol. The third kappa shape index (κ3) is 4.41. The molecule has 1 saturated heterocycles. The quantitative estimate of drug-likeness (QED) is 0.713. The van der Waals surface area contributed by atoms with E-state index in [4.69, 9.17) is 9.72 Å². The summed E-state index contributed by atoms with van der Waals surface area (Å²) in [6.07, 6.45) is 0.395. The fourth-order valence-electron chi connectivity index (χ4n) is 3.82. The molecular formula is C22H26N3O2S+. The van der Waals surface area contributed by atoms with E-state index in [-0.39, 0.29) is 18.1 Å². The molecule has 2 N–H and O–H groups in total. The summed E-state index contributed by atoms with van der Waals surface area (Å²) in [5.74, 6) is 0.0412. The van der Waals surface area contributed by atoms with Crippen molar-refractivity contribution in [1.29, 1.82) is 0 Å². The minimum absolute atomic E-state index is 0.0412. The smallest absolute Gasteiger partial charge is 0.279 e. The molecule has 0 saturated carbocycles. The molecule has 146 valence electrons. The van der Waals surface area contributed by atoms with Crippen LogP contribution in [-0.4, -0.2) is 42.7 Å². The Hall–Kier alpha value is -2.28. The summed E-state index contributed by atoms with van der Waals surface area (Å²) in [7, 11) is 0. The molecule has 1 aromatic heterocycles. The highest BCUT2D eigenvalue weighted by Crippen LogP contribution is 2.31. The minimum atomic E-state index is 0.0412. The van der Waals surface area contributed by atoms with E-state index in [0.717, 1.165) is 34.9 Å². The Kier molecular flexibility index (Phi) is 5.44. The lowest BCUT2D eigenvalue weighted by Crippen LogP contribution is -3.16. The zero-order chi connectivity index (χ0) is 19.7. The number of fused-ring (bicyclic) bond motifs is 1. The van der Waals surface area contributed by atoms with Crippen LogP contribution in [0.4, 0.5) is 5.69 Å². The maximum absolute atomic E-state index is 12.4. The van der Waals surface area contributed by atoms with Gasteiger partial charge in [-0.1, -0.05) is 6.07 Å². The lowest BCUT2D eigenvalue weighted by molar-refractivity contribution is -0.907. The Morgan fingerprint density at radius 2 is 1.89 bits per heavy atom. The second-order valence-electron chi connectivity index (χ2n) is 7.71. The number of quaternary nitrogens is 1. The SMILES string of the molecule is Cc1ccc2nc(-c3ccc(NC(=O)C[NH+]4C[C@H](C)O[C@@H](C)C4)cc3)sc2c1. The van der Waals surface area contributed by atoms with Gasteiger partial charge in [0.25, 0.3) is 5.91 Å². The van der Waals surface area contributed by atoms with E-state index in [2.05, 4.69) is 44.3 Å². The number of nitrogens with zero attached hydrogens (tertiary/aromatic N) is 1. The highest BCUT2D eigenvalue weighted by molar-refractivity contribution is 7.21. The Morgan fingerprint density at radius 3 is 2.61 bits per heavy atom. The highest BCUT2D eigenvalue weighted by atomic mass is 32.1. The average Bonchev–Trinajstić information content (AvgIpc) is 3.04. The van der Waals surface area contributed by atoms with Crippen LogP contribution in [0.2, 0.25) is 0 Å². The summed E-state index contributed by atoms with van der Waals surface area (Å²) in [5.41, 5.74) is 4.16. The van der Waals surface area contributed by atoms with E-state index in [9.17, 15) is 4.79 Å². The number of carbonyl (C=O) groups excluding carboxylic acids is 1. The molecule has 0 unspecified atom stereocenters. The van der Waals surface area contributed by atoms with Crippen LogP contribution in [-0.2, 0) is 9.53 Å². The normalized spacial score (nSPS) is 22.3. The number of amides is 1. The van der Waals surface area contributed by atoms with Crippen molar-refractivity contribution in [3.05, 3.63) is 48.0 Å². The fourth-order valence-corrected chi connectivity index (χ4v) is 4.89. The van der Waals surface area contributed by atoms with Crippen LogP contribution in [0.5, 0.6) is 0 Å². The molecule has 0 aliphatic carbocycles. The number of rotatable bonds is 4. The first kappa shape index (κ1) is 19.1. The molecule has 2 atom stereocenters. The van der Waals surface area contributed by atoms with Crippen LogP contribution in [0, 0.1) is 6.92 Å². The second-order valence-corrected chi connectivity index (χ2v) is 8.74. The molecule has 0 radical (unpaired) electrons. The van der Waals surface area contributed by atoms with Crippen molar-refractivity contribution in [2.75, 3.05) is 25.0 Å². The number of anilines is 1. The van der Waals surface area contributed by atoms with Gasteiger partial charge in [-0.05, 0) is 62.7 Å². The molecule has 2 aromatic carbocycles. The van der Waals surface area contributed by atoms with Gasteiger partial charge in [-0.15, -0.1) is 11.3 Å². The molecule has 0 spiro atoms. The minimum Gasteiger partial charge on any atom is -0.364 e. The second kappa shape index (κ2) is 7.99. The number of morpholine rings is 1. The number of ether oxygens (including phenoxy) is 1. The van der Waals surface area contributed by atoms with Crippen molar-refractivity contribution in [1.82, 2.24) is 4.98 Å². The number of nitrogens with one attached hydrogen (secondary N) is 2. The number of thiazole rings is 1. The molecule has 0 bridgehead atoms. The first-order chi connectivity index (χ1) is 13.5. The molecule has 6 heteroatoms. The van der Waals surface area contributed by atoms with Gasteiger partial charge in [-0.2, -0.15) is 0 Å². The molecule has 1 amide bonds. The van der Waals surface area contributed by atoms with E-state index >= 15 is 0 Å². The third-order valence-corrected chi connectivity index (χ3v) is 6.05.